The van der Waals surface area contributed by atoms with E-state index in [0.717, 1.165) is 0 Å². The van der Waals surface area contributed by atoms with Crippen LogP contribution in [-0.4, -0.2) is 118 Å². The molecule has 9 atom stereocenters. The van der Waals surface area contributed by atoms with E-state index in [1.165, 1.54) is 0 Å². The summed E-state index contributed by atoms with van der Waals surface area (Å²) in [5.41, 5.74) is 0. The molecule has 0 aliphatic carbocycles. The predicted molar refractivity (Wildman–Crippen MR) is 108 cm³/mol. The minimum atomic E-state index is -5.85. The van der Waals surface area contributed by atoms with Crippen LogP contribution in [0.2, 0.25) is 0 Å². The van der Waals surface area contributed by atoms with Crippen molar-refractivity contribution in [1.29, 1.82) is 0 Å². The fourth-order valence-corrected chi connectivity index (χ4v) is 5.37. The molecule has 31 heteroatoms. The Morgan fingerprint density at radius 2 is 1.33 bits per heavy atom. The SMILES string of the molecule is O=C([O-])C1OC(OC2C(COSOO[O-])OC(COS(=O)(=O)[O-])C2OS(=O)(=O)[O-])C(OS(=O)(=O)[O-])C(OSOO[O-])C1O. The molecule has 2 aliphatic rings. The molecule has 254 valence electrons. The van der Waals surface area contributed by atoms with Crippen molar-refractivity contribution in [3.05, 3.63) is 0 Å². The van der Waals surface area contributed by atoms with E-state index in [2.05, 4.69) is 31.3 Å². The summed E-state index contributed by atoms with van der Waals surface area (Å²) in [6.07, 6.45) is -21.2. The van der Waals surface area contributed by atoms with Crippen LogP contribution in [0.15, 0.2) is 0 Å². The number of carboxylic acids is 1. The fraction of sp³-hybridized carbons (Fsp3) is 0.917. The van der Waals surface area contributed by atoms with Gasteiger partial charge in [0.15, 0.2) is 37.0 Å². The van der Waals surface area contributed by atoms with E-state index in [0.29, 0.717) is 0 Å². The van der Waals surface area contributed by atoms with Gasteiger partial charge in [0, 0.05) is 0 Å². The summed E-state index contributed by atoms with van der Waals surface area (Å²) in [5.74, 6) is -2.25. The standard InChI is InChI=1S/C12H20O26S5/c13-5-8(32-40-38-36-17)10(34-43(24,25)26)12(31-9(5)11(14)15)30-6-3(1-27-39-37-35-16)29-4(2-28-41(18,19)20)7(6)33-42(21,22)23/h3-10,12-13,16-17H,1-2H2,(H,14,15)(H,18,19,20)(H,21,22,23)(H,24,25,26)/p-6. The number of hydrogen-bond acceptors (Lipinski definition) is 28. The molecule has 2 fully saturated rings. The van der Waals surface area contributed by atoms with Crippen LogP contribution in [0, 0.1) is 0 Å². The molecule has 0 spiro atoms. The fourth-order valence-electron chi connectivity index (χ4n) is 3.47. The molecule has 0 amide bonds. The zero-order valence-corrected chi connectivity index (χ0v) is 23.9. The Morgan fingerprint density at radius 3 is 1.86 bits per heavy atom. The van der Waals surface area contributed by atoms with E-state index in [-0.39, 0.29) is 12.3 Å². The number of carboxylic acid groups (broad SMARTS) is 1. The molecule has 2 rings (SSSR count). The second-order valence-electron chi connectivity index (χ2n) is 7.43. The highest BCUT2D eigenvalue weighted by atomic mass is 32.3. The zero-order chi connectivity index (χ0) is 32.6. The topological polar surface area (TPSA) is 389 Å². The van der Waals surface area contributed by atoms with Gasteiger partial charge in [-0.2, -0.15) is 0 Å². The number of rotatable bonds is 19. The summed E-state index contributed by atoms with van der Waals surface area (Å²) in [6.45, 7) is -2.32. The Labute approximate surface area is 248 Å². The lowest BCUT2D eigenvalue weighted by molar-refractivity contribution is -0.777. The minimum Gasteiger partial charge on any atom is -0.726 e. The average Bonchev–Trinajstić information content (AvgIpc) is 3.16. The molecule has 0 aromatic rings. The number of aliphatic carboxylic acids is 1. The molecule has 1 N–H and O–H groups in total. The maximum atomic E-state index is 11.6. The van der Waals surface area contributed by atoms with E-state index in [1.807, 2.05) is 0 Å². The van der Waals surface area contributed by atoms with Gasteiger partial charge < -0.3 is 53.4 Å². The number of ether oxygens (including phenoxy) is 3. The van der Waals surface area contributed by atoms with Gasteiger partial charge in [0.05, 0.1) is 19.2 Å². The first-order valence-corrected chi connectivity index (χ1v) is 15.5. The van der Waals surface area contributed by atoms with E-state index in [9.17, 15) is 64.4 Å². The molecule has 26 nitrogen and oxygen atoms in total. The quantitative estimate of drug-likeness (QED) is 0.0321. The molecule has 0 saturated carbocycles. The van der Waals surface area contributed by atoms with Crippen molar-refractivity contribution < 1.29 is 118 Å². The van der Waals surface area contributed by atoms with Crippen molar-refractivity contribution in [3.63, 3.8) is 0 Å². The van der Waals surface area contributed by atoms with E-state index in [4.69, 9.17) is 22.6 Å². The first-order valence-electron chi connectivity index (χ1n) is 10.1. The molecule has 0 radical (unpaired) electrons. The van der Waals surface area contributed by atoms with Gasteiger partial charge in [-0.1, -0.05) is 0 Å². The van der Waals surface area contributed by atoms with Crippen LogP contribution in [0.25, 0.3) is 0 Å². The second kappa shape index (κ2) is 16.7. The Morgan fingerprint density at radius 1 is 0.767 bits per heavy atom. The first-order chi connectivity index (χ1) is 19.9. The molecule has 2 aliphatic heterocycles. The third-order valence-electron chi connectivity index (χ3n) is 4.83. The maximum Gasteiger partial charge on any atom is 0.218 e. The molecule has 2 saturated heterocycles. The molecule has 2 heterocycles. The van der Waals surface area contributed by atoms with Gasteiger partial charge in [-0.25, -0.2) is 25.3 Å². The van der Waals surface area contributed by atoms with Gasteiger partial charge >= 0.3 is 0 Å². The number of aliphatic hydroxyl groups is 1. The number of aliphatic hydroxyl groups excluding tert-OH is 1. The van der Waals surface area contributed by atoms with E-state index in [1.54, 1.807) is 0 Å². The molecule has 9 unspecified atom stereocenters. The summed E-state index contributed by atoms with van der Waals surface area (Å²) in [4.78, 5) is 11.6. The van der Waals surface area contributed by atoms with Crippen LogP contribution < -0.4 is 15.6 Å². The predicted octanol–water partition coefficient (Wildman–Crippen LogP) is -7.88. The zero-order valence-electron chi connectivity index (χ0n) is 19.8. The van der Waals surface area contributed by atoms with Crippen LogP contribution in [0.5, 0.6) is 0 Å². The van der Waals surface area contributed by atoms with Crippen LogP contribution in [-0.2, 0) is 89.9 Å². The van der Waals surface area contributed by atoms with Gasteiger partial charge in [-0.15, -0.1) is 8.67 Å². The smallest absolute Gasteiger partial charge is 0.218 e. The van der Waals surface area contributed by atoms with Crippen molar-refractivity contribution >= 4 is 61.8 Å². The highest BCUT2D eigenvalue weighted by molar-refractivity contribution is 7.90. The number of carbonyl (C=O) groups is 1. The molecule has 0 aromatic heterocycles. The lowest BCUT2D eigenvalue weighted by atomic mass is 9.98. The van der Waals surface area contributed by atoms with Crippen LogP contribution in [0.4, 0.5) is 0 Å². The number of hydrogen-bond donors (Lipinski definition) is 1. The normalized spacial score (nSPS) is 32.2. The summed E-state index contributed by atoms with van der Waals surface area (Å²) in [5, 5.41) is 47.8. The lowest BCUT2D eigenvalue weighted by Crippen LogP contribution is -2.65. The minimum absolute atomic E-state index is 0.192. The molecular weight excluding hydrogens is 720 g/mol. The second-order valence-corrected chi connectivity index (χ2v) is 11.5. The van der Waals surface area contributed by atoms with Gasteiger partial charge in [-0.3, -0.25) is 31.0 Å². The Bertz CT molecular complexity index is 1210. The summed E-state index contributed by atoms with van der Waals surface area (Å²) in [6, 6.07) is 0. The van der Waals surface area contributed by atoms with Crippen molar-refractivity contribution in [3.8, 4) is 0 Å². The molecule has 0 bridgehead atoms. The lowest BCUT2D eigenvalue weighted by Gasteiger charge is -2.44. The van der Waals surface area contributed by atoms with Gasteiger partial charge in [0.2, 0.25) is 31.2 Å². The van der Waals surface area contributed by atoms with Crippen LogP contribution >= 0.6 is 24.6 Å². The Hall–Kier alpha value is -0.700. The summed E-state index contributed by atoms with van der Waals surface area (Å²) < 4.78 is 146. The van der Waals surface area contributed by atoms with Crippen molar-refractivity contribution in [2.45, 2.75) is 55.1 Å². The average molecular weight is 735 g/mol. The first kappa shape index (κ1) is 38.5. The third kappa shape index (κ3) is 12.9. The molecular formula is C12H14O26S5-6. The molecule has 0 aromatic carbocycles. The molecule has 43 heavy (non-hydrogen) atoms. The van der Waals surface area contributed by atoms with Crippen molar-refractivity contribution in [2.24, 2.45) is 0 Å². The van der Waals surface area contributed by atoms with Gasteiger partial charge in [0.25, 0.3) is 0 Å². The highest BCUT2D eigenvalue weighted by Crippen LogP contribution is 2.35. The third-order valence-corrected chi connectivity index (χ3v) is 6.92. The monoisotopic (exact) mass is 734 g/mol. The van der Waals surface area contributed by atoms with Crippen molar-refractivity contribution in [1.82, 2.24) is 0 Å². The maximum absolute atomic E-state index is 11.6. The number of carbonyl (C=O) groups excluding carboxylic acids is 1. The van der Waals surface area contributed by atoms with Crippen LogP contribution in [0.1, 0.15) is 0 Å². The Balaban J connectivity index is 2.54. The van der Waals surface area contributed by atoms with Gasteiger partial charge in [0.1, 0.15) is 42.7 Å². The summed E-state index contributed by atoms with van der Waals surface area (Å²) in [7, 11) is -17.2. The van der Waals surface area contributed by atoms with E-state index >= 15 is 0 Å². The van der Waals surface area contributed by atoms with E-state index < -0.39 is 118 Å². The largest absolute Gasteiger partial charge is 0.726 e. The van der Waals surface area contributed by atoms with Gasteiger partial charge in [-0.05, 0) is 0 Å². The highest BCUT2D eigenvalue weighted by Gasteiger charge is 2.55. The Kier molecular flexibility index (Phi) is 15.0. The van der Waals surface area contributed by atoms with Crippen LogP contribution in [0.3, 0.4) is 0 Å². The van der Waals surface area contributed by atoms with Crippen molar-refractivity contribution in [2.75, 3.05) is 13.2 Å². The summed E-state index contributed by atoms with van der Waals surface area (Å²) >= 11 is -0.649.